The fourth-order valence-corrected chi connectivity index (χ4v) is 4.07. The maximum Gasteiger partial charge on any atom is 0.490 e. The smallest absolute Gasteiger partial charge is 0.475 e. The molecule has 152 valence electrons. The number of carboxylic acids is 1. The number of hydrogen-bond acceptors (Lipinski definition) is 7. The van der Waals surface area contributed by atoms with Crippen LogP contribution in [0.15, 0.2) is 0 Å². The van der Waals surface area contributed by atoms with Crippen molar-refractivity contribution in [2.45, 2.75) is 32.0 Å². The standard InChI is InChI=1S/C14H22N4OS.C2HF3O2/c1-10-15-16-14(20-10)18-8-12-7-17(6-11-2-3-11)4-5-19-13(12)9-18;3-2(4,5)1(6)7/h11-13H,2-9H2,1H3;(H,6,7)/t12-,13+;/m0./s1. The van der Waals surface area contributed by atoms with Gasteiger partial charge in [-0.3, -0.25) is 0 Å². The molecule has 0 aromatic carbocycles. The quantitative estimate of drug-likeness (QED) is 0.820. The highest BCUT2D eigenvalue weighted by Gasteiger charge is 2.39. The molecule has 3 heterocycles. The number of carbonyl (C=O) groups is 1. The molecule has 1 N–H and O–H groups in total. The van der Waals surface area contributed by atoms with E-state index in [-0.39, 0.29) is 0 Å². The van der Waals surface area contributed by atoms with Gasteiger partial charge in [0.25, 0.3) is 0 Å². The van der Waals surface area contributed by atoms with E-state index >= 15 is 0 Å². The van der Waals surface area contributed by atoms with E-state index in [0.717, 1.165) is 42.3 Å². The Balaban J connectivity index is 0.000000260. The minimum Gasteiger partial charge on any atom is -0.475 e. The van der Waals surface area contributed by atoms with Crippen molar-refractivity contribution in [3.63, 3.8) is 0 Å². The Morgan fingerprint density at radius 1 is 1.30 bits per heavy atom. The summed E-state index contributed by atoms with van der Waals surface area (Å²) >= 11 is 1.69. The van der Waals surface area contributed by atoms with Gasteiger partial charge in [0.05, 0.1) is 12.7 Å². The lowest BCUT2D eigenvalue weighted by molar-refractivity contribution is -0.192. The van der Waals surface area contributed by atoms with Crippen LogP contribution in [-0.4, -0.2) is 77.8 Å². The van der Waals surface area contributed by atoms with Gasteiger partial charge in [-0.2, -0.15) is 13.2 Å². The first-order valence-corrected chi connectivity index (χ1v) is 9.73. The first-order chi connectivity index (χ1) is 12.7. The number of fused-ring (bicyclic) bond motifs is 1. The monoisotopic (exact) mass is 408 g/mol. The number of anilines is 1. The summed E-state index contributed by atoms with van der Waals surface area (Å²) < 4.78 is 37.8. The van der Waals surface area contributed by atoms with E-state index in [4.69, 9.17) is 14.6 Å². The van der Waals surface area contributed by atoms with Crippen LogP contribution in [0.4, 0.5) is 18.3 Å². The zero-order chi connectivity index (χ0) is 19.6. The molecule has 1 saturated carbocycles. The van der Waals surface area contributed by atoms with E-state index in [1.807, 2.05) is 6.92 Å². The van der Waals surface area contributed by atoms with Gasteiger partial charge in [-0.05, 0) is 25.7 Å². The van der Waals surface area contributed by atoms with E-state index in [1.165, 1.54) is 25.9 Å². The summed E-state index contributed by atoms with van der Waals surface area (Å²) in [4.78, 5) is 13.9. The van der Waals surface area contributed by atoms with E-state index in [2.05, 4.69) is 20.0 Å². The summed E-state index contributed by atoms with van der Waals surface area (Å²) in [5.74, 6) is -1.16. The Bertz CT molecular complexity index is 653. The van der Waals surface area contributed by atoms with Gasteiger partial charge in [-0.1, -0.05) is 11.3 Å². The van der Waals surface area contributed by atoms with E-state index < -0.39 is 12.1 Å². The molecule has 0 bridgehead atoms. The van der Waals surface area contributed by atoms with Gasteiger partial charge < -0.3 is 19.6 Å². The van der Waals surface area contributed by atoms with Crippen molar-refractivity contribution in [3.05, 3.63) is 5.01 Å². The minimum absolute atomic E-state index is 0.378. The summed E-state index contributed by atoms with van der Waals surface area (Å²) in [7, 11) is 0. The molecule has 11 heteroatoms. The van der Waals surface area contributed by atoms with Gasteiger partial charge in [0.15, 0.2) is 0 Å². The van der Waals surface area contributed by atoms with Gasteiger partial charge in [0, 0.05) is 38.6 Å². The van der Waals surface area contributed by atoms with Crippen molar-refractivity contribution in [3.8, 4) is 0 Å². The molecule has 2 atom stereocenters. The number of halogens is 3. The molecule has 3 fully saturated rings. The molecule has 7 nitrogen and oxygen atoms in total. The number of carboxylic acid groups (broad SMARTS) is 1. The number of alkyl halides is 3. The second-order valence-electron chi connectivity index (χ2n) is 7.18. The third-order valence-corrected chi connectivity index (χ3v) is 5.75. The Morgan fingerprint density at radius 3 is 2.56 bits per heavy atom. The molecule has 0 unspecified atom stereocenters. The van der Waals surface area contributed by atoms with Crippen LogP contribution in [0.25, 0.3) is 0 Å². The second-order valence-corrected chi connectivity index (χ2v) is 8.34. The number of rotatable bonds is 3. The first-order valence-electron chi connectivity index (χ1n) is 8.91. The van der Waals surface area contributed by atoms with Gasteiger partial charge in [-0.25, -0.2) is 4.79 Å². The Kier molecular flexibility index (Phi) is 6.21. The number of aliphatic carboxylic acids is 1. The predicted octanol–water partition coefficient (Wildman–Crippen LogP) is 2.03. The summed E-state index contributed by atoms with van der Waals surface area (Å²) in [6, 6.07) is 0. The highest BCUT2D eigenvalue weighted by Crippen LogP contribution is 2.33. The van der Waals surface area contributed by atoms with Gasteiger partial charge in [0.1, 0.15) is 5.01 Å². The van der Waals surface area contributed by atoms with Crippen LogP contribution in [0.2, 0.25) is 0 Å². The molecule has 0 radical (unpaired) electrons. The van der Waals surface area contributed by atoms with Crippen molar-refractivity contribution in [2.75, 3.05) is 44.2 Å². The minimum atomic E-state index is -5.08. The van der Waals surface area contributed by atoms with Crippen molar-refractivity contribution >= 4 is 22.4 Å². The molecule has 1 aromatic rings. The molecule has 0 amide bonds. The Morgan fingerprint density at radius 2 is 2.00 bits per heavy atom. The molecule has 27 heavy (non-hydrogen) atoms. The molecule has 1 aromatic heterocycles. The van der Waals surface area contributed by atoms with Crippen LogP contribution in [0.1, 0.15) is 17.8 Å². The number of ether oxygens (including phenoxy) is 1. The molecule has 2 aliphatic heterocycles. The number of hydrogen-bond donors (Lipinski definition) is 1. The van der Waals surface area contributed by atoms with Crippen molar-refractivity contribution in [2.24, 2.45) is 11.8 Å². The highest BCUT2D eigenvalue weighted by molar-refractivity contribution is 7.15. The lowest BCUT2D eigenvalue weighted by Gasteiger charge is -2.22. The van der Waals surface area contributed by atoms with Gasteiger partial charge in [-0.15, -0.1) is 10.2 Å². The maximum atomic E-state index is 10.6. The Hall–Kier alpha value is -1.46. The molecule has 3 aliphatic rings. The molecular formula is C16H23F3N4O3S. The topological polar surface area (TPSA) is 78.8 Å². The largest absolute Gasteiger partial charge is 0.490 e. The third-order valence-electron chi connectivity index (χ3n) is 4.85. The molecule has 1 aliphatic carbocycles. The summed E-state index contributed by atoms with van der Waals surface area (Å²) in [6.07, 6.45) is -1.84. The van der Waals surface area contributed by atoms with Crippen molar-refractivity contribution in [1.82, 2.24) is 15.1 Å². The zero-order valence-electron chi connectivity index (χ0n) is 15.0. The molecule has 4 rings (SSSR count). The van der Waals surface area contributed by atoms with E-state index in [0.29, 0.717) is 12.0 Å². The SMILES string of the molecule is Cc1nnc(N2C[C@@H]3CN(CC4CC4)CCO[C@@H]3C2)s1.O=C(O)C(F)(F)F. The van der Waals surface area contributed by atoms with Crippen LogP contribution >= 0.6 is 11.3 Å². The number of nitrogens with zero attached hydrogens (tertiary/aromatic N) is 4. The molecular weight excluding hydrogens is 385 g/mol. The van der Waals surface area contributed by atoms with E-state index in [9.17, 15) is 13.2 Å². The number of aryl methyl sites for hydroxylation is 1. The van der Waals surface area contributed by atoms with Gasteiger partial charge >= 0.3 is 12.1 Å². The predicted molar refractivity (Wildman–Crippen MR) is 92.9 cm³/mol. The lowest BCUT2D eigenvalue weighted by atomic mass is 10.1. The van der Waals surface area contributed by atoms with E-state index in [1.54, 1.807) is 11.3 Å². The fraction of sp³-hybridized carbons (Fsp3) is 0.812. The maximum absolute atomic E-state index is 10.6. The third kappa shape index (κ3) is 5.76. The zero-order valence-corrected chi connectivity index (χ0v) is 15.8. The highest BCUT2D eigenvalue weighted by atomic mass is 32.1. The first kappa shape index (κ1) is 20.3. The van der Waals surface area contributed by atoms with Crippen LogP contribution < -0.4 is 4.90 Å². The Labute approximate surface area is 159 Å². The van der Waals surface area contributed by atoms with Crippen LogP contribution in [0, 0.1) is 18.8 Å². The summed E-state index contributed by atoms with van der Waals surface area (Å²) in [5.41, 5.74) is 0. The average molecular weight is 408 g/mol. The van der Waals surface area contributed by atoms with Crippen LogP contribution in [-0.2, 0) is 9.53 Å². The van der Waals surface area contributed by atoms with Crippen LogP contribution in [0.5, 0.6) is 0 Å². The van der Waals surface area contributed by atoms with Crippen molar-refractivity contribution in [1.29, 1.82) is 0 Å². The molecule has 2 saturated heterocycles. The lowest BCUT2D eigenvalue weighted by Crippen LogP contribution is -2.34. The normalized spacial score (nSPS) is 26.1. The van der Waals surface area contributed by atoms with Crippen molar-refractivity contribution < 1.29 is 27.8 Å². The number of aromatic nitrogens is 2. The second kappa shape index (κ2) is 8.27. The summed E-state index contributed by atoms with van der Waals surface area (Å²) in [5, 5.41) is 17.6. The average Bonchev–Trinajstić information content (AvgIpc) is 3.20. The van der Waals surface area contributed by atoms with Crippen LogP contribution in [0.3, 0.4) is 0 Å². The molecule has 0 spiro atoms. The summed E-state index contributed by atoms with van der Waals surface area (Å²) in [6.45, 7) is 8.54. The van der Waals surface area contributed by atoms with Gasteiger partial charge in [0.2, 0.25) is 5.13 Å². The fourth-order valence-electron chi connectivity index (χ4n) is 3.36.